The number of hydrogen-bond acceptors (Lipinski definition) is 4. The minimum absolute atomic E-state index is 0.100. The van der Waals surface area contributed by atoms with E-state index in [1.54, 1.807) is 12.1 Å². The second-order valence-corrected chi connectivity index (χ2v) is 10.5. The lowest BCUT2D eigenvalue weighted by molar-refractivity contribution is -0.138. The van der Waals surface area contributed by atoms with E-state index in [1.165, 1.54) is 9.87 Å². The normalized spacial score (nSPS) is 21.2. The van der Waals surface area contributed by atoms with Gasteiger partial charge in [-0.05, 0) is 37.5 Å². The van der Waals surface area contributed by atoms with E-state index >= 15 is 0 Å². The van der Waals surface area contributed by atoms with Crippen molar-refractivity contribution in [3.63, 3.8) is 0 Å². The zero-order valence-corrected chi connectivity index (χ0v) is 18.9. The lowest BCUT2D eigenvalue weighted by Gasteiger charge is -2.38. The minimum atomic E-state index is -3.56. The summed E-state index contributed by atoms with van der Waals surface area (Å²) in [7, 11) is -3.56. The Kier molecular flexibility index (Phi) is 6.74. The molecule has 0 aromatic heterocycles. The van der Waals surface area contributed by atoms with Crippen LogP contribution in [-0.2, 0) is 21.4 Å². The van der Waals surface area contributed by atoms with Crippen molar-refractivity contribution in [2.24, 2.45) is 5.92 Å². The van der Waals surface area contributed by atoms with E-state index in [9.17, 15) is 13.2 Å². The van der Waals surface area contributed by atoms with Gasteiger partial charge in [0.15, 0.2) is 0 Å². The number of carbonyl (C=O) groups excluding carboxylic acids is 1. The molecular weight excluding hydrogens is 410 g/mol. The van der Waals surface area contributed by atoms with Gasteiger partial charge in [-0.3, -0.25) is 9.69 Å². The van der Waals surface area contributed by atoms with E-state index in [1.807, 2.05) is 30.0 Å². The molecule has 0 spiro atoms. The highest BCUT2D eigenvalue weighted by Gasteiger charge is 2.35. The molecule has 166 valence electrons. The van der Waals surface area contributed by atoms with Crippen LogP contribution in [-0.4, -0.2) is 67.7 Å². The third-order valence-electron chi connectivity index (χ3n) is 6.33. The molecule has 1 amide bonds. The second kappa shape index (κ2) is 9.51. The largest absolute Gasteiger partial charge is 0.340 e. The number of aryl methyl sites for hydroxylation is 1. The van der Waals surface area contributed by atoms with E-state index in [-0.39, 0.29) is 18.4 Å². The summed E-state index contributed by atoms with van der Waals surface area (Å²) in [4.78, 5) is 17.8. The Morgan fingerprint density at radius 3 is 2.29 bits per heavy atom. The van der Waals surface area contributed by atoms with Crippen molar-refractivity contribution in [3.8, 4) is 0 Å². The predicted molar refractivity (Wildman–Crippen MR) is 121 cm³/mol. The topological polar surface area (TPSA) is 60.9 Å². The number of sulfonamides is 1. The molecule has 0 bridgehead atoms. The summed E-state index contributed by atoms with van der Waals surface area (Å²) in [5.74, 6) is -0.155. The molecule has 2 aliphatic rings. The second-order valence-electron chi connectivity index (χ2n) is 8.60. The van der Waals surface area contributed by atoms with Gasteiger partial charge in [0.05, 0.1) is 10.8 Å². The Bertz CT molecular complexity index is 984. The fourth-order valence-electron chi connectivity index (χ4n) is 4.45. The molecule has 2 aromatic carbocycles. The molecular formula is C24H31N3O3S. The number of piperazine rings is 1. The Balaban J connectivity index is 1.34. The molecule has 0 saturated carbocycles. The van der Waals surface area contributed by atoms with Crippen LogP contribution in [0.1, 0.15) is 24.0 Å². The average Bonchev–Trinajstić information content (AvgIpc) is 2.80. The summed E-state index contributed by atoms with van der Waals surface area (Å²) in [5, 5.41) is 0. The number of amides is 1. The van der Waals surface area contributed by atoms with Crippen molar-refractivity contribution in [2.75, 3.05) is 39.3 Å². The molecule has 4 rings (SSSR count). The Morgan fingerprint density at radius 2 is 1.61 bits per heavy atom. The van der Waals surface area contributed by atoms with E-state index in [0.29, 0.717) is 24.5 Å². The molecule has 0 radical (unpaired) electrons. The van der Waals surface area contributed by atoms with Gasteiger partial charge in [-0.15, -0.1) is 0 Å². The summed E-state index contributed by atoms with van der Waals surface area (Å²) in [6, 6.07) is 17.3. The molecule has 7 heteroatoms. The van der Waals surface area contributed by atoms with E-state index < -0.39 is 10.0 Å². The maximum Gasteiger partial charge on any atom is 0.243 e. The van der Waals surface area contributed by atoms with Crippen LogP contribution < -0.4 is 0 Å². The number of hydrogen-bond donors (Lipinski definition) is 0. The van der Waals surface area contributed by atoms with Gasteiger partial charge in [-0.25, -0.2) is 8.42 Å². The summed E-state index contributed by atoms with van der Waals surface area (Å²) >= 11 is 0. The highest BCUT2D eigenvalue weighted by Crippen LogP contribution is 2.25. The number of rotatable bonds is 5. The van der Waals surface area contributed by atoms with Crippen LogP contribution in [0.2, 0.25) is 0 Å². The third-order valence-corrected chi connectivity index (χ3v) is 8.20. The van der Waals surface area contributed by atoms with Gasteiger partial charge >= 0.3 is 0 Å². The number of carbonyl (C=O) groups is 1. The zero-order chi connectivity index (χ0) is 21.8. The lowest BCUT2D eigenvalue weighted by atomic mass is 9.97. The van der Waals surface area contributed by atoms with E-state index in [4.69, 9.17) is 0 Å². The molecule has 2 heterocycles. The first-order valence-corrected chi connectivity index (χ1v) is 12.5. The number of benzene rings is 2. The highest BCUT2D eigenvalue weighted by atomic mass is 32.2. The quantitative estimate of drug-likeness (QED) is 0.716. The van der Waals surface area contributed by atoms with E-state index in [2.05, 4.69) is 29.2 Å². The summed E-state index contributed by atoms with van der Waals surface area (Å²) in [6.45, 7) is 6.68. The Morgan fingerprint density at radius 1 is 0.935 bits per heavy atom. The predicted octanol–water partition coefficient (Wildman–Crippen LogP) is 2.74. The van der Waals surface area contributed by atoms with Crippen LogP contribution in [0.15, 0.2) is 59.5 Å². The molecule has 2 fully saturated rings. The van der Waals surface area contributed by atoms with Gasteiger partial charge < -0.3 is 4.90 Å². The fraction of sp³-hybridized carbons (Fsp3) is 0.458. The molecule has 2 aromatic rings. The molecule has 2 saturated heterocycles. The van der Waals surface area contributed by atoms with Gasteiger partial charge in [0, 0.05) is 45.8 Å². The molecule has 0 aliphatic carbocycles. The zero-order valence-electron chi connectivity index (χ0n) is 18.1. The van der Waals surface area contributed by atoms with E-state index in [0.717, 1.165) is 38.0 Å². The van der Waals surface area contributed by atoms with Gasteiger partial charge in [-0.2, -0.15) is 4.31 Å². The average molecular weight is 442 g/mol. The molecule has 2 aliphatic heterocycles. The van der Waals surface area contributed by atoms with Gasteiger partial charge in [0.25, 0.3) is 0 Å². The Hall–Kier alpha value is -2.22. The first-order valence-electron chi connectivity index (χ1n) is 11.1. The summed E-state index contributed by atoms with van der Waals surface area (Å²) in [5.41, 5.74) is 2.31. The smallest absolute Gasteiger partial charge is 0.243 e. The molecule has 1 atom stereocenters. The minimum Gasteiger partial charge on any atom is -0.340 e. The molecule has 0 unspecified atom stereocenters. The lowest BCUT2D eigenvalue weighted by Crippen LogP contribution is -2.52. The van der Waals surface area contributed by atoms with Gasteiger partial charge in [0.2, 0.25) is 15.9 Å². The first kappa shape index (κ1) is 22.0. The van der Waals surface area contributed by atoms with Crippen LogP contribution >= 0.6 is 0 Å². The maximum absolute atomic E-state index is 13.2. The maximum atomic E-state index is 13.2. The van der Waals surface area contributed by atoms with Crippen LogP contribution in [0.4, 0.5) is 0 Å². The van der Waals surface area contributed by atoms with Crippen LogP contribution in [0.5, 0.6) is 0 Å². The third kappa shape index (κ3) is 5.17. The number of piperidine rings is 1. The van der Waals surface area contributed by atoms with Crippen LogP contribution in [0.25, 0.3) is 0 Å². The highest BCUT2D eigenvalue weighted by molar-refractivity contribution is 7.89. The van der Waals surface area contributed by atoms with Crippen molar-refractivity contribution in [1.29, 1.82) is 0 Å². The summed E-state index contributed by atoms with van der Waals surface area (Å²) < 4.78 is 27.6. The number of nitrogens with zero attached hydrogens (tertiary/aromatic N) is 3. The fourth-order valence-corrected chi connectivity index (χ4v) is 5.97. The van der Waals surface area contributed by atoms with Crippen LogP contribution in [0, 0.1) is 12.8 Å². The van der Waals surface area contributed by atoms with Crippen molar-refractivity contribution < 1.29 is 13.2 Å². The van der Waals surface area contributed by atoms with Crippen molar-refractivity contribution in [1.82, 2.24) is 14.1 Å². The van der Waals surface area contributed by atoms with Crippen molar-refractivity contribution >= 4 is 15.9 Å². The SMILES string of the molecule is Cc1ccc(S(=O)(=O)N2CCC[C@@H](C(=O)N3CCN(Cc4ccccc4)CC3)C2)cc1. The van der Waals surface area contributed by atoms with Gasteiger partial charge in [-0.1, -0.05) is 48.0 Å². The Labute approximate surface area is 185 Å². The standard InChI is InChI=1S/C24H31N3O3S/c1-20-9-11-23(12-10-20)31(29,30)27-13-5-8-22(19-27)24(28)26-16-14-25(15-17-26)18-21-6-3-2-4-7-21/h2-4,6-7,9-12,22H,5,8,13-19H2,1H3/t22-/m1/s1. The molecule has 0 N–H and O–H groups in total. The van der Waals surface area contributed by atoms with Gasteiger partial charge in [0.1, 0.15) is 0 Å². The van der Waals surface area contributed by atoms with Crippen molar-refractivity contribution in [2.45, 2.75) is 31.2 Å². The summed E-state index contributed by atoms with van der Waals surface area (Å²) in [6.07, 6.45) is 1.47. The monoisotopic (exact) mass is 441 g/mol. The molecule has 31 heavy (non-hydrogen) atoms. The molecule has 6 nitrogen and oxygen atoms in total. The first-order chi connectivity index (χ1) is 14.9. The van der Waals surface area contributed by atoms with Crippen LogP contribution in [0.3, 0.4) is 0 Å². The van der Waals surface area contributed by atoms with Crippen molar-refractivity contribution in [3.05, 3.63) is 65.7 Å².